The fraction of sp³-hybridized carbons (Fsp3) is 0.400. The quantitative estimate of drug-likeness (QED) is 0.442. The molecule has 0 N–H and O–H groups in total. The smallest absolute Gasteiger partial charge is 0.173 e. The highest BCUT2D eigenvalue weighted by Crippen LogP contribution is 2.35. The van der Waals surface area contributed by atoms with Crippen molar-refractivity contribution < 1.29 is 9.47 Å². The second kappa shape index (κ2) is 11.1. The lowest BCUT2D eigenvalue weighted by Crippen LogP contribution is -2.48. The summed E-state index contributed by atoms with van der Waals surface area (Å²) < 4.78 is 13.0. The third-order valence-electron chi connectivity index (χ3n) is 6.14. The number of aryl methyl sites for hydroxylation is 2. The number of aromatic nitrogens is 4. The molecular weight excluding hydrogens is 416 g/mol. The van der Waals surface area contributed by atoms with Crippen molar-refractivity contribution in [2.24, 2.45) is 0 Å². The lowest BCUT2D eigenvalue weighted by Gasteiger charge is -2.38. The Labute approximate surface area is 195 Å². The Morgan fingerprint density at radius 1 is 1.00 bits per heavy atom. The maximum Gasteiger partial charge on any atom is 0.173 e. The van der Waals surface area contributed by atoms with Gasteiger partial charge in [0.05, 0.1) is 20.3 Å². The molecule has 0 amide bonds. The van der Waals surface area contributed by atoms with E-state index in [1.54, 1.807) is 14.2 Å². The van der Waals surface area contributed by atoms with Gasteiger partial charge in [-0.1, -0.05) is 42.5 Å². The summed E-state index contributed by atoms with van der Waals surface area (Å²) in [5.74, 6) is 2.25. The Kier molecular flexibility index (Phi) is 7.70. The highest BCUT2D eigenvalue weighted by molar-refractivity contribution is 5.45. The lowest BCUT2D eigenvalue weighted by atomic mass is 10.0. The Morgan fingerprint density at radius 3 is 2.45 bits per heavy atom. The molecule has 0 aliphatic carbocycles. The summed E-state index contributed by atoms with van der Waals surface area (Å²) in [5.41, 5.74) is 2.35. The normalized spacial score (nSPS) is 15.8. The summed E-state index contributed by atoms with van der Waals surface area (Å²) in [6, 6.07) is 16.4. The lowest BCUT2D eigenvalue weighted by molar-refractivity contribution is 0.112. The number of piperazine rings is 1. The predicted molar refractivity (Wildman–Crippen MR) is 128 cm³/mol. The molecule has 1 aromatic heterocycles. The van der Waals surface area contributed by atoms with Gasteiger partial charge in [0.15, 0.2) is 17.3 Å². The van der Waals surface area contributed by atoms with Gasteiger partial charge in [-0.05, 0) is 40.1 Å². The van der Waals surface area contributed by atoms with E-state index in [0.717, 1.165) is 50.5 Å². The number of methoxy groups -OCH3 is 2. The zero-order valence-corrected chi connectivity index (χ0v) is 19.4. The van der Waals surface area contributed by atoms with Crippen molar-refractivity contribution in [2.75, 3.05) is 46.9 Å². The topological polar surface area (TPSA) is 68.5 Å². The minimum Gasteiger partial charge on any atom is -0.493 e. The maximum atomic E-state index is 5.60. The first-order valence-electron chi connectivity index (χ1n) is 11.3. The first kappa shape index (κ1) is 22.9. The SMILES string of the molecule is C=CCN1CCN([C@@H](c2ccc(OC)c(OC)c2)c2nnnn2CCc2ccccc2)CC1. The molecule has 8 nitrogen and oxygen atoms in total. The average Bonchev–Trinajstić information content (AvgIpc) is 3.32. The second-order valence-corrected chi connectivity index (χ2v) is 8.14. The number of nitrogens with zero attached hydrogens (tertiary/aromatic N) is 6. The first-order chi connectivity index (χ1) is 16.2. The van der Waals surface area contributed by atoms with E-state index in [2.05, 4.69) is 62.2 Å². The van der Waals surface area contributed by atoms with Gasteiger partial charge in [-0.2, -0.15) is 0 Å². The molecule has 1 saturated heterocycles. The van der Waals surface area contributed by atoms with Crippen LogP contribution in [-0.2, 0) is 13.0 Å². The number of ether oxygens (including phenoxy) is 2. The van der Waals surface area contributed by atoms with Crippen LogP contribution in [0.4, 0.5) is 0 Å². The molecule has 2 aromatic carbocycles. The number of rotatable bonds is 10. The number of benzene rings is 2. The third-order valence-corrected chi connectivity index (χ3v) is 6.14. The van der Waals surface area contributed by atoms with Gasteiger partial charge in [0.1, 0.15) is 0 Å². The van der Waals surface area contributed by atoms with Gasteiger partial charge in [-0.15, -0.1) is 11.7 Å². The fourth-order valence-electron chi connectivity index (χ4n) is 4.38. The second-order valence-electron chi connectivity index (χ2n) is 8.14. The Bertz CT molecular complexity index is 1030. The van der Waals surface area contributed by atoms with E-state index in [9.17, 15) is 0 Å². The van der Waals surface area contributed by atoms with E-state index in [0.29, 0.717) is 18.0 Å². The highest BCUT2D eigenvalue weighted by Gasteiger charge is 2.31. The van der Waals surface area contributed by atoms with Crippen LogP contribution in [0, 0.1) is 0 Å². The zero-order chi connectivity index (χ0) is 23.0. The van der Waals surface area contributed by atoms with Crippen LogP contribution in [0.25, 0.3) is 0 Å². The highest BCUT2D eigenvalue weighted by atomic mass is 16.5. The minimum absolute atomic E-state index is 0.0820. The van der Waals surface area contributed by atoms with Crippen LogP contribution < -0.4 is 9.47 Å². The van der Waals surface area contributed by atoms with Crippen LogP contribution in [0.2, 0.25) is 0 Å². The summed E-state index contributed by atoms with van der Waals surface area (Å²) in [5, 5.41) is 12.9. The van der Waals surface area contributed by atoms with Crippen LogP contribution in [0.3, 0.4) is 0 Å². The van der Waals surface area contributed by atoms with Crippen molar-refractivity contribution in [3.63, 3.8) is 0 Å². The minimum atomic E-state index is -0.0820. The van der Waals surface area contributed by atoms with Gasteiger partial charge >= 0.3 is 0 Å². The molecular formula is C25H32N6O2. The van der Waals surface area contributed by atoms with Crippen molar-refractivity contribution in [1.82, 2.24) is 30.0 Å². The fourth-order valence-corrected chi connectivity index (χ4v) is 4.38. The molecule has 1 fully saturated rings. The first-order valence-corrected chi connectivity index (χ1v) is 11.3. The Morgan fingerprint density at radius 2 is 1.76 bits per heavy atom. The molecule has 0 radical (unpaired) electrons. The monoisotopic (exact) mass is 448 g/mol. The molecule has 0 spiro atoms. The predicted octanol–water partition coefficient (Wildman–Crippen LogP) is 2.83. The van der Waals surface area contributed by atoms with Gasteiger partial charge in [-0.25, -0.2) is 4.68 Å². The van der Waals surface area contributed by atoms with Crippen molar-refractivity contribution in [3.05, 3.63) is 78.1 Å². The van der Waals surface area contributed by atoms with Gasteiger partial charge in [-0.3, -0.25) is 9.80 Å². The third kappa shape index (κ3) is 5.40. The van der Waals surface area contributed by atoms with E-state index < -0.39 is 0 Å². The molecule has 0 unspecified atom stereocenters. The van der Waals surface area contributed by atoms with Crippen LogP contribution in [0.1, 0.15) is 23.0 Å². The molecule has 8 heteroatoms. The van der Waals surface area contributed by atoms with Crippen molar-refractivity contribution >= 4 is 0 Å². The van der Waals surface area contributed by atoms with E-state index in [-0.39, 0.29) is 6.04 Å². The summed E-state index contributed by atoms with van der Waals surface area (Å²) in [7, 11) is 3.31. The van der Waals surface area contributed by atoms with E-state index >= 15 is 0 Å². The number of hydrogen-bond acceptors (Lipinski definition) is 7. The van der Waals surface area contributed by atoms with Gasteiger partial charge in [0.2, 0.25) is 0 Å². The van der Waals surface area contributed by atoms with Crippen LogP contribution in [0.15, 0.2) is 61.2 Å². The Balaban J connectivity index is 1.64. The van der Waals surface area contributed by atoms with Crippen molar-refractivity contribution in [2.45, 2.75) is 19.0 Å². The van der Waals surface area contributed by atoms with E-state index in [1.165, 1.54) is 5.56 Å². The molecule has 1 aliphatic rings. The van der Waals surface area contributed by atoms with Gasteiger partial charge < -0.3 is 9.47 Å². The molecule has 1 aliphatic heterocycles. The van der Waals surface area contributed by atoms with Gasteiger partial charge in [0, 0.05) is 39.3 Å². The van der Waals surface area contributed by atoms with Crippen LogP contribution in [-0.4, -0.2) is 77.0 Å². The molecule has 3 aromatic rings. The van der Waals surface area contributed by atoms with Crippen molar-refractivity contribution in [1.29, 1.82) is 0 Å². The van der Waals surface area contributed by atoms with Crippen LogP contribution >= 0.6 is 0 Å². The Hall–Kier alpha value is -3.23. The summed E-state index contributed by atoms with van der Waals surface area (Å²) in [4.78, 5) is 4.86. The van der Waals surface area contributed by atoms with Crippen LogP contribution in [0.5, 0.6) is 11.5 Å². The molecule has 0 bridgehead atoms. The largest absolute Gasteiger partial charge is 0.493 e. The standard InChI is InChI=1S/C25H32N6O2/c1-4-13-29-15-17-30(18-16-29)24(21-10-11-22(32-2)23(19-21)33-3)25-26-27-28-31(25)14-12-20-8-6-5-7-9-20/h4-11,19,24H,1,12-18H2,2-3H3/t24-/m0/s1. The molecule has 33 heavy (non-hydrogen) atoms. The van der Waals surface area contributed by atoms with Crippen molar-refractivity contribution in [3.8, 4) is 11.5 Å². The average molecular weight is 449 g/mol. The van der Waals surface area contributed by atoms with Gasteiger partial charge in [0.25, 0.3) is 0 Å². The maximum absolute atomic E-state index is 5.60. The molecule has 1 atom stereocenters. The molecule has 2 heterocycles. The molecule has 0 saturated carbocycles. The zero-order valence-electron chi connectivity index (χ0n) is 19.4. The summed E-state index contributed by atoms with van der Waals surface area (Å²) >= 11 is 0. The number of hydrogen-bond donors (Lipinski definition) is 0. The van der Waals surface area contributed by atoms with E-state index in [1.807, 2.05) is 29.0 Å². The number of tetrazole rings is 1. The summed E-state index contributed by atoms with van der Waals surface area (Å²) in [6.07, 6.45) is 2.83. The van der Waals surface area contributed by atoms with E-state index in [4.69, 9.17) is 9.47 Å². The molecule has 4 rings (SSSR count). The molecule has 174 valence electrons. The summed E-state index contributed by atoms with van der Waals surface area (Å²) in [6.45, 7) is 9.28.